The normalized spacial score (nSPS) is 37.2. The number of primary amides is 1. The van der Waals surface area contributed by atoms with Crippen molar-refractivity contribution in [2.24, 2.45) is 36.0 Å². The van der Waals surface area contributed by atoms with Crippen LogP contribution >= 0.6 is 0 Å². The number of nitrogens with zero attached hydrogens (tertiary/aromatic N) is 3. The van der Waals surface area contributed by atoms with Gasteiger partial charge in [0.15, 0.2) is 0 Å². The number of hydrogen-bond donors (Lipinski definition) is 3. The maximum Gasteiger partial charge on any atom is 0.264 e. The Bertz CT molecular complexity index is 881. The van der Waals surface area contributed by atoms with E-state index in [0.717, 1.165) is 32.1 Å². The highest BCUT2D eigenvalue weighted by Gasteiger charge is 2.62. The Hall–Kier alpha value is -1.94. The number of aryl methyl sites for hydroxylation is 1. The first kappa shape index (κ1) is 19.0. The van der Waals surface area contributed by atoms with E-state index in [-0.39, 0.29) is 29.7 Å². The number of carbonyl (C=O) groups excluding carboxylic acids is 2. The third kappa shape index (κ3) is 2.75. The molecule has 0 aliphatic heterocycles. The molecule has 0 radical (unpaired) electrons. The number of anilines is 1. The summed E-state index contributed by atoms with van der Waals surface area (Å²) in [6, 6.07) is 1.64. The summed E-state index contributed by atoms with van der Waals surface area (Å²) in [6.45, 7) is 0. The predicted molar refractivity (Wildman–Crippen MR) is 106 cm³/mol. The summed E-state index contributed by atoms with van der Waals surface area (Å²) >= 11 is -2.34. The topological polar surface area (TPSA) is 131 Å². The second-order valence-electron chi connectivity index (χ2n) is 9.48. The molecule has 4 bridgehead atoms. The summed E-state index contributed by atoms with van der Waals surface area (Å²) in [5, 5.41) is 7.30. The third-order valence-corrected chi connectivity index (χ3v) is 8.64. The van der Waals surface area contributed by atoms with Gasteiger partial charge in [-0.1, -0.05) is 0 Å². The van der Waals surface area contributed by atoms with Crippen molar-refractivity contribution >= 4 is 28.9 Å². The van der Waals surface area contributed by atoms with E-state index in [1.807, 2.05) is 0 Å². The van der Waals surface area contributed by atoms with Gasteiger partial charge in [0.05, 0.1) is 6.20 Å². The molecule has 5 aliphatic rings. The standard InChI is InChI=1S/C19H27N5O4S/c1-23-14(2-5-21-23)24(29(27)28)19(3-4-19)17(26)22-15-12-6-11-7-13(15)10-18(8-11,9-12)16(20)25/h2,5,11-13,15H,3-4,6-10H2,1H3,(H2,20,25)(H,22,26)(H,27,28). The van der Waals surface area contributed by atoms with Crippen molar-refractivity contribution in [3.63, 3.8) is 0 Å². The summed E-state index contributed by atoms with van der Waals surface area (Å²) in [7, 11) is 1.68. The number of aromatic nitrogens is 2. The molecule has 0 saturated heterocycles. The summed E-state index contributed by atoms with van der Waals surface area (Å²) in [5.74, 6) is 1.05. The molecular weight excluding hydrogens is 394 g/mol. The van der Waals surface area contributed by atoms with Gasteiger partial charge >= 0.3 is 0 Å². The molecule has 2 amide bonds. The Balaban J connectivity index is 1.38. The van der Waals surface area contributed by atoms with Gasteiger partial charge in [-0.3, -0.25) is 18.8 Å². The number of nitrogens with one attached hydrogen (secondary N) is 1. The van der Waals surface area contributed by atoms with Crippen molar-refractivity contribution in [1.29, 1.82) is 0 Å². The van der Waals surface area contributed by atoms with E-state index in [4.69, 9.17) is 5.73 Å². The zero-order valence-electron chi connectivity index (χ0n) is 16.4. The number of amides is 2. The van der Waals surface area contributed by atoms with Gasteiger partial charge in [0.1, 0.15) is 11.4 Å². The zero-order chi connectivity index (χ0) is 20.6. The third-order valence-electron chi connectivity index (χ3n) is 7.79. The number of rotatable bonds is 6. The van der Waals surface area contributed by atoms with E-state index in [1.165, 1.54) is 8.99 Å². The first-order valence-corrected chi connectivity index (χ1v) is 11.3. The average molecular weight is 422 g/mol. The van der Waals surface area contributed by atoms with Gasteiger partial charge < -0.3 is 11.1 Å². The Kier molecular flexibility index (Phi) is 4.12. The van der Waals surface area contributed by atoms with Gasteiger partial charge in [-0.25, -0.2) is 8.51 Å². The summed E-state index contributed by atoms with van der Waals surface area (Å²) in [5.41, 5.74) is 4.33. The quantitative estimate of drug-likeness (QED) is 0.582. The minimum Gasteiger partial charge on any atom is -0.369 e. The van der Waals surface area contributed by atoms with Gasteiger partial charge in [-0.15, -0.1) is 0 Å². The highest BCUT2D eigenvalue weighted by atomic mass is 32.2. The molecule has 29 heavy (non-hydrogen) atoms. The number of carbonyl (C=O) groups is 2. The molecule has 9 nitrogen and oxygen atoms in total. The van der Waals surface area contributed by atoms with Gasteiger partial charge in [0, 0.05) is 24.6 Å². The molecule has 0 aromatic carbocycles. The Labute approximate surface area is 171 Å². The largest absolute Gasteiger partial charge is 0.369 e. The molecule has 158 valence electrons. The molecule has 3 unspecified atom stereocenters. The Morgan fingerprint density at radius 1 is 1.31 bits per heavy atom. The van der Waals surface area contributed by atoms with E-state index in [0.29, 0.717) is 24.6 Å². The lowest BCUT2D eigenvalue weighted by molar-refractivity contribution is -0.147. The fourth-order valence-electron chi connectivity index (χ4n) is 6.50. The predicted octanol–water partition coefficient (Wildman–Crippen LogP) is 0.692. The lowest BCUT2D eigenvalue weighted by Crippen LogP contribution is -2.64. The van der Waals surface area contributed by atoms with Crippen LogP contribution in [0.15, 0.2) is 12.3 Å². The van der Waals surface area contributed by atoms with Crippen LogP contribution in [0.4, 0.5) is 5.82 Å². The van der Waals surface area contributed by atoms with Crippen LogP contribution in [0.1, 0.15) is 44.9 Å². The van der Waals surface area contributed by atoms with Crippen LogP contribution in [0.25, 0.3) is 0 Å². The molecule has 1 heterocycles. The van der Waals surface area contributed by atoms with E-state index in [1.54, 1.807) is 19.3 Å². The zero-order valence-corrected chi connectivity index (χ0v) is 17.2. The highest BCUT2D eigenvalue weighted by Crippen LogP contribution is 2.60. The van der Waals surface area contributed by atoms with Gasteiger partial charge in [-0.05, 0) is 62.7 Å². The minimum absolute atomic E-state index is 0.00418. The van der Waals surface area contributed by atoms with Crippen molar-refractivity contribution < 1.29 is 18.4 Å². The van der Waals surface area contributed by atoms with Crippen molar-refractivity contribution in [2.75, 3.05) is 4.31 Å². The summed E-state index contributed by atoms with van der Waals surface area (Å²) in [4.78, 5) is 25.5. The van der Waals surface area contributed by atoms with Crippen LogP contribution in [0.5, 0.6) is 0 Å². The van der Waals surface area contributed by atoms with E-state index < -0.39 is 22.2 Å². The van der Waals surface area contributed by atoms with Gasteiger partial charge in [0.2, 0.25) is 11.8 Å². The smallest absolute Gasteiger partial charge is 0.264 e. The van der Waals surface area contributed by atoms with Crippen LogP contribution in [-0.4, -0.2) is 41.9 Å². The van der Waals surface area contributed by atoms with Crippen LogP contribution in [-0.2, 0) is 27.9 Å². The highest BCUT2D eigenvalue weighted by molar-refractivity contribution is 7.80. The first-order valence-electron chi connectivity index (χ1n) is 10.3. The summed E-state index contributed by atoms with van der Waals surface area (Å²) < 4.78 is 24.9. The van der Waals surface area contributed by atoms with Crippen molar-refractivity contribution in [3.05, 3.63) is 12.3 Å². The number of nitrogens with two attached hydrogens (primary N) is 1. The van der Waals surface area contributed by atoms with Crippen molar-refractivity contribution in [2.45, 2.75) is 56.5 Å². The molecule has 4 N–H and O–H groups in total. The maximum atomic E-state index is 13.4. The van der Waals surface area contributed by atoms with Crippen LogP contribution in [0.3, 0.4) is 0 Å². The second-order valence-corrected chi connectivity index (χ2v) is 10.3. The lowest BCUT2D eigenvalue weighted by atomic mass is 9.47. The molecule has 5 fully saturated rings. The first-order chi connectivity index (χ1) is 13.8. The fraction of sp³-hybridized carbons (Fsp3) is 0.737. The molecule has 10 heteroatoms. The van der Waals surface area contributed by atoms with Gasteiger partial charge in [-0.2, -0.15) is 5.10 Å². The molecule has 3 atom stereocenters. The van der Waals surface area contributed by atoms with Crippen LogP contribution in [0.2, 0.25) is 0 Å². The molecular formula is C19H27N5O4S. The minimum atomic E-state index is -2.34. The SMILES string of the molecule is Cn1nccc1N(S(=O)O)C1(C(=O)NC2C3CC4CC2CC(C(N)=O)(C4)C3)CC1. The van der Waals surface area contributed by atoms with E-state index in [9.17, 15) is 18.4 Å². The molecule has 6 rings (SSSR count). The summed E-state index contributed by atoms with van der Waals surface area (Å²) in [6.07, 6.45) is 6.98. The number of hydrogen-bond acceptors (Lipinski definition) is 4. The van der Waals surface area contributed by atoms with Crippen LogP contribution in [0, 0.1) is 23.2 Å². The maximum absolute atomic E-state index is 13.4. The van der Waals surface area contributed by atoms with E-state index >= 15 is 0 Å². The van der Waals surface area contributed by atoms with Crippen molar-refractivity contribution in [3.8, 4) is 0 Å². The van der Waals surface area contributed by atoms with Crippen molar-refractivity contribution in [1.82, 2.24) is 15.1 Å². The lowest BCUT2D eigenvalue weighted by Gasteiger charge is -2.59. The molecule has 0 spiro atoms. The molecule has 1 aromatic rings. The van der Waals surface area contributed by atoms with Gasteiger partial charge in [0.25, 0.3) is 11.3 Å². The Morgan fingerprint density at radius 3 is 2.45 bits per heavy atom. The van der Waals surface area contributed by atoms with Crippen LogP contribution < -0.4 is 15.4 Å². The molecule has 5 aliphatic carbocycles. The van der Waals surface area contributed by atoms with E-state index in [2.05, 4.69) is 10.4 Å². The average Bonchev–Trinajstić information content (AvgIpc) is 3.34. The Morgan fingerprint density at radius 2 is 1.97 bits per heavy atom. The molecule has 5 saturated carbocycles. The second kappa shape index (κ2) is 6.28. The monoisotopic (exact) mass is 421 g/mol. The molecule has 1 aromatic heterocycles. The fourth-order valence-corrected chi connectivity index (χ4v) is 7.41.